The predicted octanol–water partition coefficient (Wildman–Crippen LogP) is 6.15. The van der Waals surface area contributed by atoms with E-state index in [2.05, 4.69) is 40.5 Å². The standard InChI is InChI=1S/C42H49N3O8/c1-50-38-21-33-17-18-45(25-35(33)22-39(38)51-2)26-36-23-37(30-15-13-28(27-46)14-16-30)53-42(52-36)34-10-6-9-32(20-34)31-8-5-7-29(19-31)24-43-40(47)11-3-4-12-41(48)44-49/h5-10,13-16,19-22,36-37,42,46,49H,3-4,11-12,17-18,23-27H2,1-2H3,(H,43,47)(H,44,48)/t36-,37+,42+/m1/s1. The molecule has 2 heterocycles. The van der Waals surface area contributed by atoms with Crippen LogP contribution < -0.4 is 20.3 Å². The Morgan fingerprint density at radius 1 is 0.811 bits per heavy atom. The minimum absolute atomic E-state index is 0.0129. The summed E-state index contributed by atoms with van der Waals surface area (Å²) in [6.07, 6.45) is 2.28. The highest BCUT2D eigenvalue weighted by Crippen LogP contribution is 2.40. The van der Waals surface area contributed by atoms with Gasteiger partial charge in [0.2, 0.25) is 11.8 Å². The summed E-state index contributed by atoms with van der Waals surface area (Å²) in [6.45, 7) is 2.80. The lowest BCUT2D eigenvalue weighted by atomic mass is 9.96. The Balaban J connectivity index is 1.15. The van der Waals surface area contributed by atoms with Crippen LogP contribution in [0.15, 0.2) is 84.9 Å². The van der Waals surface area contributed by atoms with Crippen molar-refractivity contribution in [3.63, 3.8) is 0 Å². The van der Waals surface area contributed by atoms with Crippen LogP contribution in [0.1, 0.15) is 77.9 Å². The normalized spacial score (nSPS) is 18.5. The Kier molecular flexibility index (Phi) is 13.1. The molecule has 2 aliphatic rings. The third-order valence-corrected chi connectivity index (χ3v) is 9.97. The molecule has 4 N–H and O–H groups in total. The zero-order valence-corrected chi connectivity index (χ0v) is 30.4. The Bertz CT molecular complexity index is 1850. The van der Waals surface area contributed by atoms with Gasteiger partial charge in [0.1, 0.15) is 0 Å². The van der Waals surface area contributed by atoms with Crippen LogP contribution in [-0.2, 0) is 45.2 Å². The van der Waals surface area contributed by atoms with Gasteiger partial charge in [0.15, 0.2) is 17.8 Å². The van der Waals surface area contributed by atoms with E-state index in [1.165, 1.54) is 11.1 Å². The highest BCUT2D eigenvalue weighted by molar-refractivity contribution is 5.76. The van der Waals surface area contributed by atoms with E-state index >= 15 is 0 Å². The number of unbranched alkanes of at least 4 members (excludes halogenated alkanes) is 1. The number of nitrogens with one attached hydrogen (secondary N) is 2. The van der Waals surface area contributed by atoms with Gasteiger partial charge in [-0.15, -0.1) is 0 Å². The topological polar surface area (TPSA) is 139 Å². The summed E-state index contributed by atoms with van der Waals surface area (Å²) < 4.78 is 24.6. The number of carbonyl (C=O) groups is 2. The van der Waals surface area contributed by atoms with Gasteiger partial charge >= 0.3 is 0 Å². The van der Waals surface area contributed by atoms with Gasteiger partial charge in [-0.05, 0) is 82.5 Å². The van der Waals surface area contributed by atoms with Crippen LogP contribution in [0.4, 0.5) is 0 Å². The number of hydroxylamine groups is 1. The number of carbonyl (C=O) groups excluding carboxylic acids is 2. The second-order valence-corrected chi connectivity index (χ2v) is 13.7. The van der Waals surface area contributed by atoms with Crippen molar-refractivity contribution in [2.75, 3.05) is 27.3 Å². The van der Waals surface area contributed by atoms with Gasteiger partial charge in [-0.25, -0.2) is 5.48 Å². The monoisotopic (exact) mass is 723 g/mol. The highest BCUT2D eigenvalue weighted by Gasteiger charge is 2.34. The molecule has 0 unspecified atom stereocenters. The Morgan fingerprint density at radius 3 is 2.23 bits per heavy atom. The highest BCUT2D eigenvalue weighted by atomic mass is 16.7. The fourth-order valence-electron chi connectivity index (χ4n) is 7.06. The zero-order chi connectivity index (χ0) is 37.2. The van der Waals surface area contributed by atoms with Crippen molar-refractivity contribution in [2.24, 2.45) is 0 Å². The van der Waals surface area contributed by atoms with Crippen LogP contribution in [0, 0.1) is 0 Å². The maximum Gasteiger partial charge on any atom is 0.243 e. The number of aliphatic hydroxyl groups is 1. The van der Waals surface area contributed by atoms with Crippen LogP contribution in [0.5, 0.6) is 11.5 Å². The predicted molar refractivity (Wildman–Crippen MR) is 199 cm³/mol. The molecular formula is C42H49N3O8. The molecule has 3 atom stereocenters. The minimum atomic E-state index is -0.594. The molecule has 53 heavy (non-hydrogen) atoms. The summed E-state index contributed by atoms with van der Waals surface area (Å²) in [7, 11) is 3.33. The Hall–Kier alpha value is -4.78. The number of rotatable bonds is 15. The van der Waals surface area contributed by atoms with E-state index in [9.17, 15) is 14.7 Å². The average molecular weight is 724 g/mol. The molecule has 1 fully saturated rings. The second kappa shape index (κ2) is 18.3. The molecule has 11 nitrogen and oxygen atoms in total. The third-order valence-electron chi connectivity index (χ3n) is 9.97. The molecular weight excluding hydrogens is 674 g/mol. The van der Waals surface area contributed by atoms with Crippen LogP contribution >= 0.6 is 0 Å². The molecule has 0 saturated carbocycles. The van der Waals surface area contributed by atoms with Gasteiger partial charge in [-0.2, -0.15) is 0 Å². The van der Waals surface area contributed by atoms with Gasteiger partial charge < -0.3 is 29.4 Å². The molecule has 0 spiro atoms. The first-order valence-corrected chi connectivity index (χ1v) is 18.2. The van der Waals surface area contributed by atoms with Crippen LogP contribution in [0.2, 0.25) is 0 Å². The number of nitrogens with zero attached hydrogens (tertiary/aromatic N) is 1. The Labute approximate surface area is 310 Å². The number of benzene rings is 4. The van der Waals surface area contributed by atoms with E-state index in [0.717, 1.165) is 70.9 Å². The van der Waals surface area contributed by atoms with Crippen molar-refractivity contribution >= 4 is 11.8 Å². The SMILES string of the molecule is COc1cc2c(cc1OC)CN(C[C@H]1C[C@@H](c3ccc(CO)cc3)O[C@@H](c3cccc(-c4cccc(CNC(=O)CCCCC(=O)NO)c4)c3)O1)CC2. The smallest absolute Gasteiger partial charge is 0.243 e. The Morgan fingerprint density at radius 2 is 1.51 bits per heavy atom. The molecule has 0 aliphatic carbocycles. The molecule has 4 aromatic carbocycles. The first kappa shape index (κ1) is 38.0. The van der Waals surface area contributed by atoms with Gasteiger partial charge in [0.25, 0.3) is 0 Å². The first-order chi connectivity index (χ1) is 25.8. The van der Waals surface area contributed by atoms with Crippen LogP contribution in [-0.4, -0.2) is 60.4 Å². The van der Waals surface area contributed by atoms with Crippen molar-refractivity contribution in [3.05, 3.63) is 118 Å². The van der Waals surface area contributed by atoms with E-state index in [-0.39, 0.29) is 31.1 Å². The summed E-state index contributed by atoms with van der Waals surface area (Å²) in [4.78, 5) is 26.0. The van der Waals surface area contributed by atoms with Gasteiger partial charge in [-0.3, -0.25) is 19.7 Å². The number of aliphatic hydroxyl groups excluding tert-OH is 1. The molecule has 4 aromatic rings. The maximum absolute atomic E-state index is 12.4. The molecule has 280 valence electrons. The van der Waals surface area contributed by atoms with Gasteiger partial charge in [0.05, 0.1) is 33.0 Å². The molecule has 6 rings (SSSR count). The zero-order valence-electron chi connectivity index (χ0n) is 30.4. The van der Waals surface area contributed by atoms with E-state index < -0.39 is 12.2 Å². The molecule has 0 bridgehead atoms. The molecule has 2 amide bonds. The molecule has 2 aliphatic heterocycles. The fourth-order valence-corrected chi connectivity index (χ4v) is 7.06. The van der Waals surface area contributed by atoms with Gasteiger partial charge in [-0.1, -0.05) is 60.7 Å². The second-order valence-electron chi connectivity index (χ2n) is 13.7. The molecule has 1 saturated heterocycles. The lowest BCUT2D eigenvalue weighted by molar-refractivity contribution is -0.253. The van der Waals surface area contributed by atoms with Crippen molar-refractivity contribution in [1.29, 1.82) is 0 Å². The number of amides is 2. The lowest BCUT2D eigenvalue weighted by Gasteiger charge is -2.39. The summed E-state index contributed by atoms with van der Waals surface area (Å²) in [6, 6.07) is 28.4. The van der Waals surface area contributed by atoms with Gasteiger partial charge in [0, 0.05) is 51.0 Å². The number of methoxy groups -OCH3 is 2. The lowest BCUT2D eigenvalue weighted by Crippen LogP contribution is -2.41. The molecule has 11 heteroatoms. The summed E-state index contributed by atoms with van der Waals surface area (Å²) >= 11 is 0. The van der Waals surface area contributed by atoms with E-state index in [1.54, 1.807) is 19.7 Å². The largest absolute Gasteiger partial charge is 0.493 e. The van der Waals surface area contributed by atoms with E-state index in [0.29, 0.717) is 32.2 Å². The van der Waals surface area contributed by atoms with Crippen LogP contribution in [0.25, 0.3) is 11.1 Å². The molecule has 0 aromatic heterocycles. The fraction of sp³-hybridized carbons (Fsp3) is 0.381. The van der Waals surface area contributed by atoms with Crippen LogP contribution in [0.3, 0.4) is 0 Å². The quantitative estimate of drug-likeness (QED) is 0.0647. The number of hydrogen-bond donors (Lipinski definition) is 4. The number of hydrogen-bond acceptors (Lipinski definition) is 9. The summed E-state index contributed by atoms with van der Waals surface area (Å²) in [5.74, 6) is 0.948. The van der Waals surface area contributed by atoms with E-state index in [4.69, 9.17) is 24.2 Å². The number of fused-ring (bicyclic) bond motifs is 1. The van der Waals surface area contributed by atoms with Crippen molar-refractivity contribution in [2.45, 2.75) is 76.7 Å². The minimum Gasteiger partial charge on any atom is -0.493 e. The van der Waals surface area contributed by atoms with Crippen molar-refractivity contribution in [1.82, 2.24) is 15.7 Å². The van der Waals surface area contributed by atoms with Crippen molar-refractivity contribution in [3.8, 4) is 22.6 Å². The average Bonchev–Trinajstić information content (AvgIpc) is 3.21. The molecule has 0 radical (unpaired) electrons. The van der Waals surface area contributed by atoms with Crippen molar-refractivity contribution < 1.29 is 38.9 Å². The number of ether oxygens (including phenoxy) is 4. The maximum atomic E-state index is 12.4. The van der Waals surface area contributed by atoms with E-state index in [1.807, 2.05) is 54.6 Å². The summed E-state index contributed by atoms with van der Waals surface area (Å²) in [5, 5.41) is 21.2. The first-order valence-electron chi connectivity index (χ1n) is 18.2. The summed E-state index contributed by atoms with van der Waals surface area (Å²) in [5.41, 5.74) is 9.91. The third kappa shape index (κ3) is 10.0.